The van der Waals surface area contributed by atoms with E-state index >= 15 is 0 Å². The number of azo groups is 1. The lowest BCUT2D eigenvalue weighted by molar-refractivity contribution is -0.389. The molecule has 0 N–H and O–H groups in total. The number of rotatable bonds is 0. The van der Waals surface area contributed by atoms with E-state index < -0.39 is 0 Å². The van der Waals surface area contributed by atoms with E-state index in [2.05, 4.69) is 5.11 Å². The normalized spacial score (nSPS) is 27.5. The van der Waals surface area contributed by atoms with Crippen LogP contribution in [0.2, 0.25) is 0 Å². The summed E-state index contributed by atoms with van der Waals surface area (Å²) >= 11 is 0. The molecule has 0 bridgehead atoms. The molecule has 0 amide bonds. The van der Waals surface area contributed by atoms with Gasteiger partial charge in [0.15, 0.2) is 5.70 Å². The minimum atomic E-state index is 0.264. The molecule has 1 heterocycles. The first-order valence-corrected chi connectivity index (χ1v) is 2.64. The van der Waals surface area contributed by atoms with E-state index in [9.17, 15) is 0 Å². The molecule has 2 nitrogen and oxygen atoms in total. The molecule has 1 unspecified atom stereocenters. The molecule has 3 heteroatoms. The van der Waals surface area contributed by atoms with Gasteiger partial charge in [0.25, 0.3) is 0 Å². The molecule has 0 aliphatic carbocycles. The maximum Gasteiger partial charge on any atom is 0.616 e. The largest absolute Gasteiger partial charge is 0.616 e. The summed E-state index contributed by atoms with van der Waals surface area (Å²) in [5.74, 6) is 0. The monoisotopic (exact) mass is 107 g/mol. The van der Waals surface area contributed by atoms with Gasteiger partial charge in [-0.15, -0.1) is 0 Å². The highest BCUT2D eigenvalue weighted by Gasteiger charge is 2.14. The van der Waals surface area contributed by atoms with Crippen LogP contribution in [-0.4, -0.2) is 18.6 Å². The third kappa shape index (κ3) is 0.806. The van der Waals surface area contributed by atoms with Crippen molar-refractivity contribution in [3.05, 3.63) is 11.8 Å². The number of nitrogens with zero attached hydrogens (tertiary/aromatic N) is 2. The summed E-state index contributed by atoms with van der Waals surface area (Å²) < 4.78 is 1.41. The van der Waals surface area contributed by atoms with E-state index in [1.165, 1.54) is 4.61 Å². The van der Waals surface area contributed by atoms with E-state index in [4.69, 9.17) is 7.98 Å². The maximum absolute atomic E-state index is 5.37. The first-order chi connectivity index (χ1) is 3.70. The Bertz CT molecular complexity index is 142. The Balaban J connectivity index is 2.82. The van der Waals surface area contributed by atoms with Gasteiger partial charge in [-0.05, 0) is 6.92 Å². The lowest BCUT2D eigenvalue weighted by Crippen LogP contribution is -1.96. The van der Waals surface area contributed by atoms with Crippen molar-refractivity contribution in [3.8, 4) is 0 Å². The molecule has 0 fully saturated rings. The van der Waals surface area contributed by atoms with Crippen LogP contribution in [0.25, 0.3) is 0 Å². The number of hydrogen-bond acceptors (Lipinski definition) is 1. The van der Waals surface area contributed by atoms with Gasteiger partial charge in [-0.3, -0.25) is 0 Å². The molecule has 1 atom stereocenters. The Morgan fingerprint density at radius 1 is 1.88 bits per heavy atom. The van der Waals surface area contributed by atoms with Gasteiger partial charge >= 0.3 is 7.98 Å². The second-order valence-corrected chi connectivity index (χ2v) is 2.01. The summed E-state index contributed by atoms with van der Waals surface area (Å²) in [5.41, 5.74) is 1.03. The molecule has 0 aromatic rings. The third-order valence-electron chi connectivity index (χ3n) is 1.15. The molecule has 0 saturated carbocycles. The van der Waals surface area contributed by atoms with E-state index in [0.29, 0.717) is 0 Å². The van der Waals surface area contributed by atoms with Gasteiger partial charge in [0, 0.05) is 13.0 Å². The minimum Gasteiger partial charge on any atom is -0.175 e. The van der Waals surface area contributed by atoms with Gasteiger partial charge in [-0.1, -0.05) is 5.11 Å². The van der Waals surface area contributed by atoms with Gasteiger partial charge in [-0.2, -0.15) is 4.61 Å². The Morgan fingerprint density at radius 2 is 2.50 bits per heavy atom. The topological polar surface area (TPSA) is 15.4 Å². The Kier molecular flexibility index (Phi) is 1.20. The van der Waals surface area contributed by atoms with Gasteiger partial charge in [-0.25, -0.2) is 0 Å². The van der Waals surface area contributed by atoms with Crippen LogP contribution in [0.4, 0.5) is 0 Å². The van der Waals surface area contributed by atoms with Crippen molar-refractivity contribution in [1.29, 1.82) is 0 Å². The zero-order valence-corrected chi connectivity index (χ0v) is 5.13. The van der Waals surface area contributed by atoms with Gasteiger partial charge < -0.3 is 0 Å². The number of hydrogen-bond donors (Lipinski definition) is 0. The fourth-order valence-corrected chi connectivity index (χ4v) is 0.746. The van der Waals surface area contributed by atoms with Crippen molar-refractivity contribution in [2.24, 2.45) is 5.11 Å². The molecule has 0 aromatic carbocycles. The van der Waals surface area contributed by atoms with Crippen LogP contribution >= 0.6 is 0 Å². The molecule has 8 heavy (non-hydrogen) atoms. The first-order valence-electron chi connectivity index (χ1n) is 2.64. The van der Waals surface area contributed by atoms with Crippen molar-refractivity contribution in [2.45, 2.75) is 19.9 Å². The molecule has 0 saturated heterocycles. The van der Waals surface area contributed by atoms with E-state index in [1.807, 2.05) is 19.9 Å². The average Bonchev–Trinajstić information content (AvgIpc) is 1.85. The van der Waals surface area contributed by atoms with E-state index in [1.54, 1.807) is 0 Å². The first kappa shape index (κ1) is 5.54. The second kappa shape index (κ2) is 1.73. The predicted molar refractivity (Wildman–Crippen MR) is 31.7 cm³/mol. The van der Waals surface area contributed by atoms with Crippen LogP contribution < -0.4 is 0 Å². The standard InChI is InChI=1S/C5H8BN2/c1-4-3-5(2)8(6)7-4/h3-4H,1-2H3/q+1. The average molecular weight is 107 g/mol. The predicted octanol–water partition coefficient (Wildman–Crippen LogP) is 0.841. The fraction of sp³-hybridized carbons (Fsp3) is 0.600. The van der Waals surface area contributed by atoms with Crippen molar-refractivity contribution in [2.75, 3.05) is 0 Å². The quantitative estimate of drug-likeness (QED) is 0.407. The van der Waals surface area contributed by atoms with Crippen LogP contribution in [0.3, 0.4) is 0 Å². The van der Waals surface area contributed by atoms with Crippen molar-refractivity contribution >= 4 is 7.98 Å². The van der Waals surface area contributed by atoms with E-state index in [-0.39, 0.29) is 6.04 Å². The molecule has 2 radical (unpaired) electrons. The molecule has 40 valence electrons. The van der Waals surface area contributed by atoms with Crippen LogP contribution in [0.5, 0.6) is 0 Å². The summed E-state index contributed by atoms with van der Waals surface area (Å²) in [4.78, 5) is 0. The lowest BCUT2D eigenvalue weighted by Gasteiger charge is -1.79. The Labute approximate surface area is 50.3 Å². The van der Waals surface area contributed by atoms with Gasteiger partial charge in [0.05, 0.1) is 0 Å². The third-order valence-corrected chi connectivity index (χ3v) is 1.15. The highest BCUT2D eigenvalue weighted by atomic mass is 15.2. The summed E-state index contributed by atoms with van der Waals surface area (Å²) in [6, 6.07) is 0.264. The van der Waals surface area contributed by atoms with E-state index in [0.717, 1.165) is 5.70 Å². The Morgan fingerprint density at radius 3 is 2.62 bits per heavy atom. The Hall–Kier alpha value is -0.595. The summed E-state index contributed by atoms with van der Waals surface area (Å²) in [7, 11) is 5.37. The smallest absolute Gasteiger partial charge is 0.175 e. The fourth-order valence-electron chi connectivity index (χ4n) is 0.746. The summed E-state index contributed by atoms with van der Waals surface area (Å²) in [6.45, 7) is 3.93. The van der Waals surface area contributed by atoms with Gasteiger partial charge in [0.2, 0.25) is 0 Å². The molecule has 1 aliphatic rings. The molecule has 1 rings (SSSR count). The zero-order chi connectivity index (χ0) is 6.15. The maximum atomic E-state index is 5.37. The van der Waals surface area contributed by atoms with Crippen LogP contribution in [-0.2, 0) is 0 Å². The minimum absolute atomic E-state index is 0.264. The van der Waals surface area contributed by atoms with Crippen LogP contribution in [0.15, 0.2) is 16.9 Å². The highest BCUT2D eigenvalue weighted by molar-refractivity contribution is 5.96. The molecule has 0 aromatic heterocycles. The number of allylic oxidation sites excluding steroid dienone is 1. The van der Waals surface area contributed by atoms with Gasteiger partial charge in [0.1, 0.15) is 6.04 Å². The SMILES string of the molecule is [B][N+]1=NC(C)C=C1C. The molecule has 0 spiro atoms. The van der Waals surface area contributed by atoms with Crippen LogP contribution in [0, 0.1) is 0 Å². The highest BCUT2D eigenvalue weighted by Crippen LogP contribution is 2.07. The summed E-state index contributed by atoms with van der Waals surface area (Å²) in [5, 5.41) is 3.99. The second-order valence-electron chi connectivity index (χ2n) is 2.01. The van der Waals surface area contributed by atoms with Crippen molar-refractivity contribution in [3.63, 3.8) is 0 Å². The van der Waals surface area contributed by atoms with Crippen LogP contribution in [0.1, 0.15) is 13.8 Å². The molecular formula is C5H8BN2+. The zero-order valence-electron chi connectivity index (χ0n) is 5.13. The lowest BCUT2D eigenvalue weighted by atomic mass is 10.3. The van der Waals surface area contributed by atoms with Crippen molar-refractivity contribution in [1.82, 2.24) is 0 Å². The molecular weight excluding hydrogens is 98.9 g/mol. The van der Waals surface area contributed by atoms with Crippen molar-refractivity contribution < 1.29 is 4.61 Å². The molecule has 1 aliphatic heterocycles. The summed E-state index contributed by atoms with van der Waals surface area (Å²) in [6.07, 6.45) is 2.01.